The molecule has 0 fully saturated rings. The number of carbonyl (C=O) groups is 2. The topological polar surface area (TPSA) is 73.7 Å². The second-order valence-electron chi connectivity index (χ2n) is 6.99. The Morgan fingerprint density at radius 1 is 1.04 bits per heavy atom. The number of aromatic nitrogens is 1. The average molecular weight is 377 g/mol. The maximum absolute atomic E-state index is 12.1. The van der Waals surface area contributed by atoms with Crippen LogP contribution in [0.15, 0.2) is 60.9 Å². The van der Waals surface area contributed by atoms with E-state index in [2.05, 4.69) is 4.98 Å². The van der Waals surface area contributed by atoms with Crippen LogP contribution >= 0.6 is 0 Å². The molecule has 1 aromatic heterocycles. The molecule has 6 nitrogen and oxygen atoms in total. The molecule has 2 aromatic carbocycles. The number of hydrogen-bond donors (Lipinski definition) is 1. The quantitative estimate of drug-likeness (QED) is 0.714. The molecule has 3 aromatic rings. The molecule has 0 bridgehead atoms. The Kier molecular flexibility index (Phi) is 5.70. The lowest BCUT2D eigenvalue weighted by Gasteiger charge is -2.26. The Balaban J connectivity index is 1.87. The van der Waals surface area contributed by atoms with Crippen LogP contribution in [0.5, 0.6) is 0 Å². The smallest absolute Gasteiger partial charge is 0.325 e. The van der Waals surface area contributed by atoms with Crippen molar-refractivity contribution in [2.45, 2.75) is 12.6 Å². The van der Waals surface area contributed by atoms with Gasteiger partial charge in [0.1, 0.15) is 6.04 Å². The molecule has 1 N–H and O–H groups in total. The summed E-state index contributed by atoms with van der Waals surface area (Å²) in [4.78, 5) is 31.5. The van der Waals surface area contributed by atoms with Gasteiger partial charge in [0.2, 0.25) is 0 Å². The van der Waals surface area contributed by atoms with Gasteiger partial charge in [-0.2, -0.15) is 0 Å². The SMILES string of the molecule is CN(C)C(=O)c1ccc([C@H](C(=O)O)N(C)Cc2cccc3cnccc23)cc1. The molecule has 1 atom stereocenters. The third kappa shape index (κ3) is 4.02. The van der Waals surface area contributed by atoms with Crippen LogP contribution in [-0.2, 0) is 11.3 Å². The molecule has 0 unspecified atom stereocenters. The normalized spacial score (nSPS) is 12.1. The van der Waals surface area contributed by atoms with E-state index in [9.17, 15) is 14.7 Å². The molecule has 28 heavy (non-hydrogen) atoms. The van der Waals surface area contributed by atoms with Crippen LogP contribution in [0.4, 0.5) is 0 Å². The second-order valence-corrected chi connectivity index (χ2v) is 6.99. The molecule has 0 aliphatic carbocycles. The van der Waals surface area contributed by atoms with Crippen molar-refractivity contribution in [3.8, 4) is 0 Å². The summed E-state index contributed by atoms with van der Waals surface area (Å²) in [7, 11) is 5.16. The van der Waals surface area contributed by atoms with Crippen LogP contribution in [0, 0.1) is 0 Å². The zero-order valence-electron chi connectivity index (χ0n) is 16.2. The van der Waals surface area contributed by atoms with Crippen molar-refractivity contribution in [1.82, 2.24) is 14.8 Å². The van der Waals surface area contributed by atoms with Gasteiger partial charge in [-0.15, -0.1) is 0 Å². The maximum atomic E-state index is 12.1. The highest BCUT2D eigenvalue weighted by molar-refractivity contribution is 5.94. The second kappa shape index (κ2) is 8.19. The minimum absolute atomic E-state index is 0.115. The highest BCUT2D eigenvalue weighted by Gasteiger charge is 2.25. The first-order valence-corrected chi connectivity index (χ1v) is 8.94. The third-order valence-electron chi connectivity index (χ3n) is 4.75. The molecule has 0 aliphatic heterocycles. The van der Waals surface area contributed by atoms with Crippen molar-refractivity contribution in [2.75, 3.05) is 21.1 Å². The van der Waals surface area contributed by atoms with E-state index in [4.69, 9.17) is 0 Å². The number of fused-ring (bicyclic) bond motifs is 1. The number of likely N-dealkylation sites (N-methyl/N-ethyl adjacent to an activating group) is 1. The number of aliphatic carboxylic acids is 1. The van der Waals surface area contributed by atoms with Gasteiger partial charge in [-0.05, 0) is 41.8 Å². The number of nitrogens with zero attached hydrogens (tertiary/aromatic N) is 3. The highest BCUT2D eigenvalue weighted by Crippen LogP contribution is 2.25. The lowest BCUT2D eigenvalue weighted by Crippen LogP contribution is -2.30. The minimum Gasteiger partial charge on any atom is -0.480 e. The van der Waals surface area contributed by atoms with Crippen LogP contribution in [0.2, 0.25) is 0 Å². The molecule has 0 saturated heterocycles. The first-order chi connectivity index (χ1) is 13.4. The van der Waals surface area contributed by atoms with Crippen LogP contribution in [-0.4, -0.2) is 52.9 Å². The van der Waals surface area contributed by atoms with Crippen LogP contribution in [0.3, 0.4) is 0 Å². The van der Waals surface area contributed by atoms with E-state index in [-0.39, 0.29) is 5.91 Å². The van der Waals surface area contributed by atoms with E-state index >= 15 is 0 Å². The molecular weight excluding hydrogens is 354 g/mol. The fourth-order valence-corrected chi connectivity index (χ4v) is 3.34. The Bertz CT molecular complexity index is 994. The van der Waals surface area contributed by atoms with Gasteiger partial charge in [-0.1, -0.05) is 30.3 Å². The highest BCUT2D eigenvalue weighted by atomic mass is 16.4. The molecule has 0 radical (unpaired) electrons. The van der Waals surface area contributed by atoms with Gasteiger partial charge in [0.15, 0.2) is 0 Å². The summed E-state index contributed by atoms with van der Waals surface area (Å²) in [6.07, 6.45) is 3.54. The van der Waals surface area contributed by atoms with Crippen molar-refractivity contribution < 1.29 is 14.7 Å². The summed E-state index contributed by atoms with van der Waals surface area (Å²) in [5.74, 6) is -1.05. The Morgan fingerprint density at radius 3 is 2.39 bits per heavy atom. The van der Waals surface area contributed by atoms with Gasteiger partial charge in [-0.25, -0.2) is 0 Å². The molecule has 3 rings (SSSR count). The van der Waals surface area contributed by atoms with Gasteiger partial charge in [0.05, 0.1) is 0 Å². The van der Waals surface area contributed by atoms with Crippen molar-refractivity contribution in [2.24, 2.45) is 0 Å². The van der Waals surface area contributed by atoms with Gasteiger partial charge >= 0.3 is 5.97 Å². The summed E-state index contributed by atoms with van der Waals surface area (Å²) < 4.78 is 0. The van der Waals surface area contributed by atoms with Crippen molar-refractivity contribution in [3.05, 3.63) is 77.6 Å². The fourth-order valence-electron chi connectivity index (χ4n) is 3.34. The number of hydrogen-bond acceptors (Lipinski definition) is 4. The van der Waals surface area contributed by atoms with Gasteiger partial charge in [0, 0.05) is 44.0 Å². The van der Waals surface area contributed by atoms with E-state index in [0.717, 1.165) is 16.3 Å². The van der Waals surface area contributed by atoms with Crippen LogP contribution < -0.4 is 0 Å². The average Bonchev–Trinajstić information content (AvgIpc) is 2.68. The van der Waals surface area contributed by atoms with E-state index in [1.165, 1.54) is 4.90 Å². The Labute approximate surface area is 164 Å². The molecule has 0 spiro atoms. The number of carboxylic acid groups (broad SMARTS) is 1. The van der Waals surface area contributed by atoms with Gasteiger partial charge < -0.3 is 10.0 Å². The number of amides is 1. The van der Waals surface area contributed by atoms with Crippen LogP contribution in [0.1, 0.15) is 27.5 Å². The number of benzene rings is 2. The molecule has 0 saturated carbocycles. The van der Waals surface area contributed by atoms with E-state index < -0.39 is 12.0 Å². The minimum atomic E-state index is -0.934. The zero-order valence-corrected chi connectivity index (χ0v) is 16.2. The zero-order chi connectivity index (χ0) is 20.3. The van der Waals surface area contributed by atoms with E-state index in [0.29, 0.717) is 17.7 Å². The standard InChI is InChI=1S/C22H23N3O3/c1-24(2)21(26)16-9-7-15(8-10-16)20(22(27)28)25(3)14-18-6-4-5-17-13-23-12-11-19(17)18/h4-13,20H,14H2,1-3H3,(H,27,28)/t20-/m1/s1. The lowest BCUT2D eigenvalue weighted by atomic mass is 10.0. The monoisotopic (exact) mass is 377 g/mol. The summed E-state index contributed by atoms with van der Waals surface area (Å²) in [5.41, 5.74) is 2.20. The predicted octanol–water partition coefficient (Wildman–Crippen LogP) is 3.19. The fraction of sp³-hybridized carbons (Fsp3) is 0.227. The Morgan fingerprint density at radius 2 is 1.75 bits per heavy atom. The van der Waals surface area contributed by atoms with Gasteiger partial charge in [0.25, 0.3) is 5.91 Å². The molecule has 6 heteroatoms. The van der Waals surface area contributed by atoms with Crippen molar-refractivity contribution in [1.29, 1.82) is 0 Å². The Hall–Kier alpha value is -3.25. The molecule has 1 amide bonds. The summed E-state index contributed by atoms with van der Waals surface area (Å²) >= 11 is 0. The van der Waals surface area contributed by atoms with E-state index in [1.807, 2.05) is 24.3 Å². The molecule has 1 heterocycles. The largest absolute Gasteiger partial charge is 0.480 e. The van der Waals surface area contributed by atoms with Crippen molar-refractivity contribution >= 4 is 22.6 Å². The first kappa shape index (κ1) is 19.5. The summed E-state index contributed by atoms with van der Waals surface area (Å²) in [5, 5.41) is 11.9. The summed E-state index contributed by atoms with van der Waals surface area (Å²) in [6, 6.07) is 13.8. The van der Waals surface area contributed by atoms with E-state index in [1.54, 1.807) is 62.7 Å². The first-order valence-electron chi connectivity index (χ1n) is 8.94. The van der Waals surface area contributed by atoms with Crippen LogP contribution in [0.25, 0.3) is 10.8 Å². The van der Waals surface area contributed by atoms with Crippen molar-refractivity contribution in [3.63, 3.8) is 0 Å². The number of rotatable bonds is 6. The predicted molar refractivity (Wildman–Crippen MR) is 108 cm³/mol. The maximum Gasteiger partial charge on any atom is 0.325 e. The molecule has 0 aliphatic rings. The molecule has 144 valence electrons. The number of pyridine rings is 1. The summed E-state index contributed by atoms with van der Waals surface area (Å²) in [6.45, 7) is 0.469. The number of carboxylic acids is 1. The molecular formula is C22H23N3O3. The number of carbonyl (C=O) groups excluding carboxylic acids is 1. The lowest BCUT2D eigenvalue weighted by molar-refractivity contribution is -0.143. The third-order valence-corrected chi connectivity index (χ3v) is 4.75. The van der Waals surface area contributed by atoms with Gasteiger partial charge in [-0.3, -0.25) is 19.5 Å².